The van der Waals surface area contributed by atoms with Crippen LogP contribution in [0.1, 0.15) is 6.42 Å². The molecule has 1 N–H and O–H groups in total. The number of nitrogens with zero attached hydrogens (tertiary/aromatic N) is 2. The summed E-state index contributed by atoms with van der Waals surface area (Å²) in [6.07, 6.45) is 4.70. The second kappa shape index (κ2) is 4.49. The van der Waals surface area contributed by atoms with Crippen molar-refractivity contribution in [3.63, 3.8) is 0 Å². The van der Waals surface area contributed by atoms with Crippen LogP contribution >= 0.6 is 0 Å². The maximum Gasteiger partial charge on any atom is 0.242 e. The molecule has 0 radical (unpaired) electrons. The fraction of sp³-hybridized carbons (Fsp3) is 0.545. The van der Waals surface area contributed by atoms with Crippen LogP contribution in [0.3, 0.4) is 0 Å². The number of aliphatic hydroxyl groups excluding tert-OH is 1. The van der Waals surface area contributed by atoms with Gasteiger partial charge in [-0.15, -0.1) is 0 Å². The van der Waals surface area contributed by atoms with Crippen molar-refractivity contribution in [2.45, 2.75) is 13.0 Å². The van der Waals surface area contributed by atoms with Gasteiger partial charge in [-0.1, -0.05) is 0 Å². The van der Waals surface area contributed by atoms with Crippen molar-refractivity contribution < 1.29 is 9.90 Å². The standard InChI is InChI=1S/C11H16N2O2/c14-9-10-3-6-13(7-10)11(15)8-12-4-1-2-5-12/h1-2,4-5,10,14H,3,6-9H2/t10-/m1/s1. The minimum Gasteiger partial charge on any atom is -0.396 e. The summed E-state index contributed by atoms with van der Waals surface area (Å²) in [6.45, 7) is 2.08. The number of amides is 1. The van der Waals surface area contributed by atoms with Gasteiger partial charge in [0, 0.05) is 38.0 Å². The largest absolute Gasteiger partial charge is 0.396 e. The molecule has 1 aliphatic rings. The van der Waals surface area contributed by atoms with Crippen LogP contribution in [0.25, 0.3) is 0 Å². The second-order valence-electron chi connectivity index (χ2n) is 4.03. The maximum absolute atomic E-state index is 11.8. The van der Waals surface area contributed by atoms with Crippen molar-refractivity contribution >= 4 is 5.91 Å². The molecule has 1 amide bonds. The Morgan fingerprint density at radius 3 is 2.73 bits per heavy atom. The van der Waals surface area contributed by atoms with Crippen molar-refractivity contribution in [2.75, 3.05) is 19.7 Å². The van der Waals surface area contributed by atoms with Crippen LogP contribution in [-0.2, 0) is 11.3 Å². The summed E-state index contributed by atoms with van der Waals surface area (Å²) in [5.41, 5.74) is 0. The lowest BCUT2D eigenvalue weighted by Gasteiger charge is -2.16. The highest BCUT2D eigenvalue weighted by molar-refractivity contribution is 5.76. The molecule has 0 unspecified atom stereocenters. The van der Waals surface area contributed by atoms with Crippen LogP contribution in [0.5, 0.6) is 0 Å². The van der Waals surface area contributed by atoms with Gasteiger partial charge in [0.2, 0.25) is 5.91 Å². The van der Waals surface area contributed by atoms with E-state index in [1.807, 2.05) is 34.0 Å². The zero-order valence-electron chi connectivity index (χ0n) is 8.67. The number of likely N-dealkylation sites (tertiary alicyclic amines) is 1. The Morgan fingerprint density at radius 2 is 2.13 bits per heavy atom. The van der Waals surface area contributed by atoms with E-state index >= 15 is 0 Å². The first-order valence-corrected chi connectivity index (χ1v) is 5.29. The molecule has 2 heterocycles. The Labute approximate surface area is 89.1 Å². The van der Waals surface area contributed by atoms with Crippen LogP contribution in [0.2, 0.25) is 0 Å². The molecule has 0 aromatic carbocycles. The summed E-state index contributed by atoms with van der Waals surface area (Å²) >= 11 is 0. The minimum absolute atomic E-state index is 0.141. The highest BCUT2D eigenvalue weighted by Gasteiger charge is 2.25. The fourth-order valence-electron chi connectivity index (χ4n) is 1.94. The molecule has 4 nitrogen and oxygen atoms in total. The van der Waals surface area contributed by atoms with Crippen LogP contribution in [0.4, 0.5) is 0 Å². The molecule has 1 aliphatic heterocycles. The first-order chi connectivity index (χ1) is 7.29. The molecule has 1 aromatic heterocycles. The second-order valence-corrected chi connectivity index (χ2v) is 4.03. The number of aromatic nitrogens is 1. The van der Waals surface area contributed by atoms with E-state index in [2.05, 4.69) is 0 Å². The highest BCUT2D eigenvalue weighted by atomic mass is 16.3. The van der Waals surface area contributed by atoms with Crippen molar-refractivity contribution in [3.05, 3.63) is 24.5 Å². The van der Waals surface area contributed by atoms with E-state index in [1.165, 1.54) is 0 Å². The summed E-state index contributed by atoms with van der Waals surface area (Å²) in [6, 6.07) is 3.82. The van der Waals surface area contributed by atoms with Gasteiger partial charge in [0.25, 0.3) is 0 Å². The van der Waals surface area contributed by atoms with Gasteiger partial charge in [0.15, 0.2) is 0 Å². The summed E-state index contributed by atoms with van der Waals surface area (Å²) in [5, 5.41) is 8.98. The van der Waals surface area contributed by atoms with Crippen LogP contribution in [-0.4, -0.2) is 40.2 Å². The Balaban J connectivity index is 1.87. The van der Waals surface area contributed by atoms with Crippen molar-refractivity contribution in [2.24, 2.45) is 5.92 Å². The molecule has 0 spiro atoms. The monoisotopic (exact) mass is 208 g/mol. The molecular formula is C11H16N2O2. The Morgan fingerprint density at radius 1 is 1.40 bits per heavy atom. The average molecular weight is 208 g/mol. The zero-order chi connectivity index (χ0) is 10.7. The fourth-order valence-corrected chi connectivity index (χ4v) is 1.94. The lowest BCUT2D eigenvalue weighted by Crippen LogP contribution is -2.31. The molecule has 4 heteroatoms. The molecule has 0 aliphatic carbocycles. The van der Waals surface area contributed by atoms with Gasteiger partial charge in [-0.05, 0) is 18.6 Å². The molecule has 0 bridgehead atoms. The van der Waals surface area contributed by atoms with Crippen LogP contribution < -0.4 is 0 Å². The summed E-state index contributed by atoms with van der Waals surface area (Å²) in [7, 11) is 0. The van der Waals surface area contributed by atoms with Crippen LogP contribution in [0, 0.1) is 5.92 Å². The van der Waals surface area contributed by atoms with E-state index in [0.29, 0.717) is 13.1 Å². The van der Waals surface area contributed by atoms with Crippen molar-refractivity contribution in [1.29, 1.82) is 0 Å². The number of hydrogen-bond acceptors (Lipinski definition) is 2. The van der Waals surface area contributed by atoms with Gasteiger partial charge in [-0.25, -0.2) is 0 Å². The maximum atomic E-state index is 11.8. The lowest BCUT2D eigenvalue weighted by molar-refractivity contribution is -0.130. The molecular weight excluding hydrogens is 192 g/mol. The van der Waals surface area contributed by atoms with Gasteiger partial charge in [-0.2, -0.15) is 0 Å². The third kappa shape index (κ3) is 2.39. The Kier molecular flexibility index (Phi) is 3.06. The molecule has 1 atom stereocenters. The van der Waals surface area contributed by atoms with E-state index in [0.717, 1.165) is 13.0 Å². The summed E-state index contributed by atoms with van der Waals surface area (Å²) in [5.74, 6) is 0.417. The van der Waals surface area contributed by atoms with E-state index in [4.69, 9.17) is 5.11 Å². The Hall–Kier alpha value is -1.29. The molecule has 15 heavy (non-hydrogen) atoms. The number of hydrogen-bond donors (Lipinski definition) is 1. The number of carbonyl (C=O) groups is 1. The molecule has 2 rings (SSSR count). The van der Waals surface area contributed by atoms with Crippen molar-refractivity contribution in [1.82, 2.24) is 9.47 Å². The summed E-state index contributed by atoms with van der Waals surface area (Å²) in [4.78, 5) is 13.6. The highest BCUT2D eigenvalue weighted by Crippen LogP contribution is 2.15. The van der Waals surface area contributed by atoms with Gasteiger partial charge < -0.3 is 14.6 Å². The number of aliphatic hydroxyl groups is 1. The third-order valence-electron chi connectivity index (χ3n) is 2.88. The Bertz CT molecular complexity index is 321. The molecule has 0 saturated carbocycles. The lowest BCUT2D eigenvalue weighted by atomic mass is 10.1. The summed E-state index contributed by atoms with van der Waals surface area (Å²) < 4.78 is 1.87. The first kappa shape index (κ1) is 10.2. The van der Waals surface area contributed by atoms with Crippen molar-refractivity contribution in [3.8, 4) is 0 Å². The van der Waals surface area contributed by atoms with E-state index in [9.17, 15) is 4.79 Å². The van der Waals surface area contributed by atoms with E-state index in [1.54, 1.807) is 0 Å². The predicted molar refractivity (Wildman–Crippen MR) is 56.2 cm³/mol. The van der Waals surface area contributed by atoms with E-state index < -0.39 is 0 Å². The van der Waals surface area contributed by atoms with E-state index in [-0.39, 0.29) is 18.4 Å². The first-order valence-electron chi connectivity index (χ1n) is 5.29. The molecule has 1 saturated heterocycles. The average Bonchev–Trinajstić information content (AvgIpc) is 2.86. The minimum atomic E-state index is 0.141. The topological polar surface area (TPSA) is 45.5 Å². The predicted octanol–water partition coefficient (Wildman–Crippen LogP) is 0.329. The third-order valence-corrected chi connectivity index (χ3v) is 2.88. The van der Waals surface area contributed by atoms with Gasteiger partial charge in [-0.3, -0.25) is 4.79 Å². The number of rotatable bonds is 3. The number of carbonyl (C=O) groups excluding carboxylic acids is 1. The molecule has 1 fully saturated rings. The van der Waals surface area contributed by atoms with Gasteiger partial charge in [0.1, 0.15) is 6.54 Å². The zero-order valence-corrected chi connectivity index (χ0v) is 8.67. The van der Waals surface area contributed by atoms with Gasteiger partial charge >= 0.3 is 0 Å². The quantitative estimate of drug-likeness (QED) is 0.778. The smallest absolute Gasteiger partial charge is 0.242 e. The molecule has 82 valence electrons. The van der Waals surface area contributed by atoms with Gasteiger partial charge in [0.05, 0.1) is 0 Å². The SMILES string of the molecule is O=C(Cn1cccc1)N1CC[C@@H](CO)C1. The van der Waals surface area contributed by atoms with Crippen LogP contribution in [0.15, 0.2) is 24.5 Å². The molecule has 1 aromatic rings. The normalized spacial score (nSPS) is 20.9.